The lowest BCUT2D eigenvalue weighted by Crippen LogP contribution is -2.33. The van der Waals surface area contributed by atoms with Gasteiger partial charge in [0, 0.05) is 6.20 Å². The van der Waals surface area contributed by atoms with Crippen molar-refractivity contribution in [3.63, 3.8) is 0 Å². The first-order valence-corrected chi connectivity index (χ1v) is 7.61. The average Bonchev–Trinajstić information content (AvgIpc) is 2.90. The van der Waals surface area contributed by atoms with Crippen LogP contribution in [0.5, 0.6) is 0 Å². The number of aliphatic hydroxyl groups is 2. The minimum absolute atomic E-state index is 0.0671. The molecule has 0 aromatic carbocycles. The van der Waals surface area contributed by atoms with Crippen LogP contribution >= 0.6 is 0 Å². The lowest BCUT2D eigenvalue weighted by atomic mass is 10.1. The minimum Gasteiger partial charge on any atom is -0.397 e. The van der Waals surface area contributed by atoms with Gasteiger partial charge in [0.15, 0.2) is 12.4 Å². The van der Waals surface area contributed by atoms with Crippen LogP contribution in [0.2, 0.25) is 0 Å². The van der Waals surface area contributed by atoms with E-state index in [-0.39, 0.29) is 11.5 Å². The Morgan fingerprint density at radius 1 is 1.42 bits per heavy atom. The number of hydrogen-bond acceptors (Lipinski definition) is 8. The first-order chi connectivity index (χ1) is 12.4. The molecule has 138 valence electrons. The predicted octanol–water partition coefficient (Wildman–Crippen LogP) is -0.939. The Balaban J connectivity index is 1.77. The summed E-state index contributed by atoms with van der Waals surface area (Å²) in [5.41, 5.74) is 5.06. The highest BCUT2D eigenvalue weighted by Gasteiger charge is 2.45. The van der Waals surface area contributed by atoms with Gasteiger partial charge in [-0.2, -0.15) is 4.98 Å². The minimum atomic E-state index is -1.91. The number of anilines is 2. The van der Waals surface area contributed by atoms with Crippen LogP contribution in [0.3, 0.4) is 0 Å². The number of nitrogens with two attached hydrogens (primary N) is 1. The molecule has 0 aliphatic carbocycles. The fourth-order valence-electron chi connectivity index (χ4n) is 2.47. The summed E-state index contributed by atoms with van der Waals surface area (Å²) in [6, 6.07) is 4.17. The topological polar surface area (TPSA) is 153 Å². The Hall–Kier alpha value is -2.89. The van der Waals surface area contributed by atoms with Gasteiger partial charge in [0.2, 0.25) is 0 Å². The molecule has 3 heterocycles. The van der Waals surface area contributed by atoms with Crippen LogP contribution in [0.1, 0.15) is 16.7 Å². The molecule has 0 spiro atoms. The Labute approximate surface area is 146 Å². The zero-order chi connectivity index (χ0) is 18.8. The number of ether oxygens (including phenoxy) is 1. The van der Waals surface area contributed by atoms with Crippen LogP contribution in [0.4, 0.5) is 15.9 Å². The second-order valence-electron chi connectivity index (χ2n) is 5.62. The molecule has 2 aromatic heterocycles. The van der Waals surface area contributed by atoms with Gasteiger partial charge in [-0.3, -0.25) is 9.36 Å². The normalized spacial score (nSPS) is 25.2. The van der Waals surface area contributed by atoms with Gasteiger partial charge < -0.3 is 26.0 Å². The van der Waals surface area contributed by atoms with E-state index in [1.807, 2.05) is 0 Å². The summed E-state index contributed by atoms with van der Waals surface area (Å²) in [6.45, 7) is -0.594. The third-order valence-corrected chi connectivity index (χ3v) is 3.84. The predicted molar refractivity (Wildman–Crippen MR) is 87.0 cm³/mol. The molecule has 1 aliphatic heterocycles. The maximum absolute atomic E-state index is 14.1. The zero-order valence-corrected chi connectivity index (χ0v) is 13.3. The van der Waals surface area contributed by atoms with Gasteiger partial charge in [-0.15, -0.1) is 0 Å². The number of pyridine rings is 1. The number of nitrogen functional groups attached to an aromatic ring is 1. The Bertz CT molecular complexity index is 858. The highest BCUT2D eigenvalue weighted by Crippen LogP contribution is 2.30. The fourth-order valence-corrected chi connectivity index (χ4v) is 2.47. The van der Waals surface area contributed by atoms with E-state index in [9.17, 15) is 19.1 Å². The Morgan fingerprint density at radius 2 is 2.19 bits per heavy atom. The summed E-state index contributed by atoms with van der Waals surface area (Å²) in [5.74, 6) is -0.673. The van der Waals surface area contributed by atoms with Crippen LogP contribution in [-0.2, 0) is 4.74 Å². The molecule has 2 aromatic rings. The number of nitrogens with one attached hydrogen (secondary N) is 1. The van der Waals surface area contributed by atoms with Crippen LogP contribution < -0.4 is 16.7 Å². The Kier molecular flexibility index (Phi) is 4.93. The number of aromatic nitrogens is 3. The van der Waals surface area contributed by atoms with Crippen molar-refractivity contribution in [3.8, 4) is 0 Å². The molecule has 1 aliphatic rings. The maximum atomic E-state index is 14.1. The van der Waals surface area contributed by atoms with Gasteiger partial charge in [-0.25, -0.2) is 14.2 Å². The second kappa shape index (κ2) is 7.15. The molecule has 0 radical (unpaired) electrons. The second-order valence-corrected chi connectivity index (χ2v) is 5.62. The van der Waals surface area contributed by atoms with Gasteiger partial charge in [-0.1, -0.05) is 0 Å². The summed E-state index contributed by atoms with van der Waals surface area (Å²) >= 11 is 0. The average molecular weight is 365 g/mol. The van der Waals surface area contributed by atoms with Crippen LogP contribution in [0, 0.1) is 0 Å². The lowest BCUT2D eigenvalue weighted by Gasteiger charge is -2.16. The number of carbonyl (C=O) groups is 1. The summed E-state index contributed by atoms with van der Waals surface area (Å²) < 4.78 is 20.1. The smallest absolute Gasteiger partial charge is 0.351 e. The fraction of sp³-hybridized carbons (Fsp3) is 0.333. The number of nitrogens with zero attached hydrogens (tertiary/aromatic N) is 3. The number of rotatable bonds is 4. The quantitative estimate of drug-likeness (QED) is 0.542. The van der Waals surface area contributed by atoms with Gasteiger partial charge in [-0.05, 0) is 18.2 Å². The van der Waals surface area contributed by atoms with E-state index in [1.165, 1.54) is 30.6 Å². The standard InChI is InChI=1S/C15H16FN5O5/c16-11-12(23)9(6-22)26-14(11)21-4-3-10(20-15(21)25)19-13(24)8-2-1-7(17)5-18-8/h1-5,9,11-12,14,22-23H,6,17H2,(H,19,20,24,25)/t9?,11-,12?,14?/m0/s1. The molecule has 1 saturated heterocycles. The number of alkyl halides is 1. The van der Waals surface area contributed by atoms with E-state index < -0.39 is 42.8 Å². The number of carbonyl (C=O) groups excluding carboxylic acids is 1. The van der Waals surface area contributed by atoms with Crippen molar-refractivity contribution in [2.75, 3.05) is 17.7 Å². The molecule has 4 atom stereocenters. The van der Waals surface area contributed by atoms with Gasteiger partial charge in [0.1, 0.15) is 23.7 Å². The highest BCUT2D eigenvalue weighted by atomic mass is 19.1. The molecule has 26 heavy (non-hydrogen) atoms. The molecule has 11 heteroatoms. The molecule has 0 bridgehead atoms. The van der Waals surface area contributed by atoms with Crippen molar-refractivity contribution in [2.24, 2.45) is 0 Å². The number of hydrogen-bond donors (Lipinski definition) is 4. The summed E-state index contributed by atoms with van der Waals surface area (Å²) in [6.07, 6.45) is -3.56. The third kappa shape index (κ3) is 3.40. The van der Waals surface area contributed by atoms with Crippen molar-refractivity contribution in [2.45, 2.75) is 24.6 Å². The largest absolute Gasteiger partial charge is 0.397 e. The number of amides is 1. The van der Waals surface area contributed by atoms with Gasteiger partial charge in [0.25, 0.3) is 5.91 Å². The SMILES string of the molecule is Nc1ccc(C(=O)Nc2ccn(C3OC(CO)C(O)[C@@H]3F)c(=O)n2)nc1. The number of aliphatic hydroxyl groups excluding tert-OH is 2. The van der Waals surface area contributed by atoms with E-state index >= 15 is 0 Å². The third-order valence-electron chi connectivity index (χ3n) is 3.84. The molecule has 5 N–H and O–H groups in total. The molecule has 3 unspecified atom stereocenters. The lowest BCUT2D eigenvalue weighted by molar-refractivity contribution is -0.0490. The zero-order valence-electron chi connectivity index (χ0n) is 13.3. The molecule has 3 rings (SSSR count). The Morgan fingerprint density at radius 3 is 2.77 bits per heavy atom. The van der Waals surface area contributed by atoms with Crippen molar-refractivity contribution in [1.29, 1.82) is 0 Å². The summed E-state index contributed by atoms with van der Waals surface area (Å²) in [5, 5.41) is 21.1. The van der Waals surface area contributed by atoms with Crippen LogP contribution in [0.15, 0.2) is 35.4 Å². The van der Waals surface area contributed by atoms with Crippen LogP contribution in [0.25, 0.3) is 0 Å². The molecule has 1 amide bonds. The van der Waals surface area contributed by atoms with Gasteiger partial charge in [0.05, 0.1) is 18.5 Å². The highest BCUT2D eigenvalue weighted by molar-refractivity contribution is 6.02. The maximum Gasteiger partial charge on any atom is 0.351 e. The van der Waals surface area contributed by atoms with Crippen LogP contribution in [-0.4, -0.2) is 55.6 Å². The van der Waals surface area contributed by atoms with Crippen molar-refractivity contribution >= 4 is 17.4 Å². The summed E-state index contributed by atoms with van der Waals surface area (Å²) in [4.78, 5) is 31.6. The van der Waals surface area contributed by atoms with Crippen molar-refractivity contribution < 1.29 is 24.1 Å². The van der Waals surface area contributed by atoms with Gasteiger partial charge >= 0.3 is 5.69 Å². The molecule has 10 nitrogen and oxygen atoms in total. The first-order valence-electron chi connectivity index (χ1n) is 7.61. The monoisotopic (exact) mass is 365 g/mol. The molecular formula is C15H16FN5O5. The molecule has 0 saturated carbocycles. The van der Waals surface area contributed by atoms with Crippen molar-refractivity contribution in [1.82, 2.24) is 14.5 Å². The number of halogens is 1. The van der Waals surface area contributed by atoms with E-state index in [0.717, 1.165) is 4.57 Å². The van der Waals surface area contributed by atoms with E-state index in [4.69, 9.17) is 15.6 Å². The van der Waals surface area contributed by atoms with E-state index in [1.54, 1.807) is 0 Å². The first kappa shape index (κ1) is 17.9. The van der Waals surface area contributed by atoms with E-state index in [0.29, 0.717) is 5.69 Å². The van der Waals surface area contributed by atoms with Crippen molar-refractivity contribution in [3.05, 3.63) is 46.8 Å². The molecule has 1 fully saturated rings. The van der Waals surface area contributed by atoms with E-state index in [2.05, 4.69) is 15.3 Å². The molecular weight excluding hydrogens is 349 g/mol. The summed E-state index contributed by atoms with van der Waals surface area (Å²) in [7, 11) is 0.